The summed E-state index contributed by atoms with van der Waals surface area (Å²) in [4.78, 5) is 23.9. The number of rotatable bonds is 7. The van der Waals surface area contributed by atoms with Crippen LogP contribution in [0.15, 0.2) is 48.5 Å². The van der Waals surface area contributed by atoms with Crippen molar-refractivity contribution in [2.75, 3.05) is 17.6 Å². The Hall–Kier alpha value is -2.18. The molecule has 0 aliphatic heterocycles. The molecule has 0 bridgehead atoms. The predicted molar refractivity (Wildman–Crippen MR) is 108 cm³/mol. The van der Waals surface area contributed by atoms with Crippen LogP contribution in [0.4, 0.5) is 10.5 Å². The molecule has 0 aliphatic rings. The number of hydrogen-bond acceptors (Lipinski definition) is 5. The summed E-state index contributed by atoms with van der Waals surface area (Å²) in [6, 6.07) is 13.8. The molecule has 2 aromatic carbocycles. The van der Waals surface area contributed by atoms with Crippen LogP contribution in [-0.4, -0.2) is 37.3 Å². The van der Waals surface area contributed by atoms with Crippen molar-refractivity contribution in [2.45, 2.75) is 6.61 Å². The van der Waals surface area contributed by atoms with Gasteiger partial charge in [0, 0.05) is 15.7 Å². The Balaban J connectivity index is 1.89. The zero-order valence-electron chi connectivity index (χ0n) is 14.0. The molecule has 10 heteroatoms. The van der Waals surface area contributed by atoms with Gasteiger partial charge in [-0.3, -0.25) is 14.7 Å². The molecule has 27 heavy (non-hydrogen) atoms. The summed E-state index contributed by atoms with van der Waals surface area (Å²) in [5.74, 6) is -1.06. The lowest BCUT2D eigenvalue weighted by Gasteiger charge is -2.10. The van der Waals surface area contributed by atoms with Gasteiger partial charge in [-0.2, -0.15) is 8.42 Å². The third-order valence-corrected chi connectivity index (χ3v) is 4.94. The van der Waals surface area contributed by atoms with E-state index in [4.69, 9.17) is 9.29 Å². The van der Waals surface area contributed by atoms with Gasteiger partial charge >= 0.3 is 6.09 Å². The van der Waals surface area contributed by atoms with Gasteiger partial charge in [0.1, 0.15) is 6.61 Å². The van der Waals surface area contributed by atoms with Crippen LogP contribution < -0.4 is 10.6 Å². The van der Waals surface area contributed by atoms with Crippen LogP contribution in [-0.2, 0) is 21.5 Å². The Morgan fingerprint density at radius 2 is 1.81 bits per heavy atom. The molecule has 0 radical (unpaired) electrons. The van der Waals surface area contributed by atoms with Crippen LogP contribution in [0, 0.1) is 3.57 Å². The van der Waals surface area contributed by atoms with Crippen molar-refractivity contribution >= 4 is 50.4 Å². The van der Waals surface area contributed by atoms with E-state index in [2.05, 4.69) is 10.6 Å². The molecule has 0 saturated heterocycles. The number of carbonyl (C=O) groups is 2. The van der Waals surface area contributed by atoms with Crippen molar-refractivity contribution in [3.8, 4) is 0 Å². The van der Waals surface area contributed by atoms with Gasteiger partial charge in [0.15, 0.2) is 0 Å². The van der Waals surface area contributed by atoms with Gasteiger partial charge in [0.2, 0.25) is 0 Å². The van der Waals surface area contributed by atoms with E-state index < -0.39 is 27.9 Å². The van der Waals surface area contributed by atoms with Crippen molar-refractivity contribution in [1.29, 1.82) is 0 Å². The average molecular weight is 504 g/mol. The van der Waals surface area contributed by atoms with Gasteiger partial charge in [-0.1, -0.05) is 30.3 Å². The van der Waals surface area contributed by atoms with E-state index in [1.165, 1.54) is 12.1 Å². The SMILES string of the molecule is O=C(Nc1ccc(C(=O)NCCS(=O)(=O)O)cc1I)OCc1ccccc1. The summed E-state index contributed by atoms with van der Waals surface area (Å²) in [5, 5.41) is 4.98. The molecular formula is C17H17IN2O6S. The fourth-order valence-corrected chi connectivity index (χ4v) is 3.03. The van der Waals surface area contributed by atoms with Crippen LogP contribution in [0.1, 0.15) is 15.9 Å². The fraction of sp³-hybridized carbons (Fsp3) is 0.176. The highest BCUT2D eigenvalue weighted by Crippen LogP contribution is 2.20. The van der Waals surface area contributed by atoms with Crippen molar-refractivity contribution in [1.82, 2.24) is 5.32 Å². The van der Waals surface area contributed by atoms with Crippen LogP contribution in [0.25, 0.3) is 0 Å². The first-order chi connectivity index (χ1) is 12.7. The van der Waals surface area contributed by atoms with Gasteiger partial charge in [-0.05, 0) is 46.4 Å². The number of carbonyl (C=O) groups excluding carboxylic acids is 2. The first kappa shape index (κ1) is 21.1. The molecule has 0 aromatic heterocycles. The third kappa shape index (κ3) is 7.53. The molecule has 8 nitrogen and oxygen atoms in total. The number of ether oxygens (including phenoxy) is 1. The highest BCUT2D eigenvalue weighted by Gasteiger charge is 2.12. The van der Waals surface area contributed by atoms with Crippen LogP contribution in [0.5, 0.6) is 0 Å². The Kier molecular flexibility index (Phi) is 7.56. The predicted octanol–water partition coefficient (Wildman–Crippen LogP) is 2.66. The minimum Gasteiger partial charge on any atom is -0.444 e. The zero-order chi connectivity index (χ0) is 19.9. The smallest absolute Gasteiger partial charge is 0.411 e. The molecule has 0 saturated carbocycles. The number of hydrogen-bond donors (Lipinski definition) is 3. The van der Waals surface area contributed by atoms with Gasteiger partial charge < -0.3 is 10.1 Å². The summed E-state index contributed by atoms with van der Waals surface area (Å²) in [6.45, 7) is -0.0719. The third-order valence-electron chi connectivity index (χ3n) is 3.33. The van der Waals surface area contributed by atoms with Crippen LogP contribution in [0.3, 0.4) is 0 Å². The number of halogens is 1. The molecule has 3 N–H and O–H groups in total. The lowest BCUT2D eigenvalue weighted by atomic mass is 10.2. The van der Waals surface area contributed by atoms with Crippen LogP contribution >= 0.6 is 22.6 Å². The lowest BCUT2D eigenvalue weighted by Crippen LogP contribution is -2.29. The van der Waals surface area contributed by atoms with E-state index in [0.717, 1.165) is 5.56 Å². The molecule has 2 rings (SSSR count). The molecule has 0 atom stereocenters. The van der Waals surface area contributed by atoms with Gasteiger partial charge in [-0.15, -0.1) is 0 Å². The van der Waals surface area contributed by atoms with Crippen molar-refractivity contribution in [3.63, 3.8) is 0 Å². The molecule has 2 aromatic rings. The monoisotopic (exact) mass is 504 g/mol. The molecule has 0 heterocycles. The second kappa shape index (κ2) is 9.67. The average Bonchev–Trinajstić information content (AvgIpc) is 2.61. The second-order valence-corrected chi connectivity index (χ2v) is 8.16. The van der Waals surface area contributed by atoms with E-state index in [1.54, 1.807) is 6.07 Å². The molecular weight excluding hydrogens is 487 g/mol. The Bertz CT molecular complexity index is 918. The highest BCUT2D eigenvalue weighted by atomic mass is 127. The van der Waals surface area contributed by atoms with Crippen LogP contribution in [0.2, 0.25) is 0 Å². The molecule has 0 fully saturated rings. The molecule has 2 amide bonds. The lowest BCUT2D eigenvalue weighted by molar-refractivity contribution is 0.0956. The van der Waals surface area contributed by atoms with Crippen molar-refractivity contribution < 1.29 is 27.3 Å². The minimum absolute atomic E-state index is 0.136. The van der Waals surface area contributed by atoms with E-state index in [9.17, 15) is 18.0 Å². The minimum atomic E-state index is -4.13. The zero-order valence-corrected chi connectivity index (χ0v) is 17.0. The first-order valence-electron chi connectivity index (χ1n) is 7.75. The summed E-state index contributed by atoms with van der Waals surface area (Å²) in [5.41, 5.74) is 1.63. The Morgan fingerprint density at radius 1 is 1.11 bits per heavy atom. The molecule has 144 valence electrons. The Labute approximate surface area is 170 Å². The topological polar surface area (TPSA) is 122 Å². The number of nitrogens with one attached hydrogen (secondary N) is 2. The van der Waals surface area contributed by atoms with E-state index in [1.807, 2.05) is 52.9 Å². The normalized spacial score (nSPS) is 10.9. The van der Waals surface area contributed by atoms with Gasteiger partial charge in [0.25, 0.3) is 16.0 Å². The number of benzene rings is 2. The maximum absolute atomic E-state index is 12.0. The second-order valence-electron chi connectivity index (χ2n) is 5.42. The number of anilines is 1. The summed E-state index contributed by atoms with van der Waals surface area (Å²) in [7, 11) is -4.13. The molecule has 0 spiro atoms. The van der Waals surface area contributed by atoms with Gasteiger partial charge in [-0.25, -0.2) is 4.79 Å². The standard InChI is InChI=1S/C17H17IN2O6S/c18-14-10-13(16(21)19-8-9-27(23,24)25)6-7-15(14)20-17(22)26-11-12-4-2-1-3-5-12/h1-7,10H,8-9,11H2,(H,19,21)(H,20,22)(H,23,24,25). The van der Waals surface area contributed by atoms with Crippen molar-refractivity contribution in [3.05, 3.63) is 63.2 Å². The summed E-state index contributed by atoms with van der Waals surface area (Å²) < 4.78 is 35.7. The largest absolute Gasteiger partial charge is 0.444 e. The maximum Gasteiger partial charge on any atom is 0.411 e. The van der Waals surface area contributed by atoms with Crippen molar-refractivity contribution in [2.24, 2.45) is 0 Å². The molecule has 0 unspecified atom stereocenters. The quantitative estimate of drug-likeness (QED) is 0.394. The first-order valence-corrected chi connectivity index (χ1v) is 10.4. The summed E-state index contributed by atoms with van der Waals surface area (Å²) in [6.07, 6.45) is -0.623. The summed E-state index contributed by atoms with van der Waals surface area (Å²) >= 11 is 1.96. The number of amides is 2. The highest BCUT2D eigenvalue weighted by molar-refractivity contribution is 14.1. The van der Waals surface area contributed by atoms with E-state index in [0.29, 0.717) is 9.26 Å². The maximum atomic E-state index is 12.0. The Morgan fingerprint density at radius 3 is 2.44 bits per heavy atom. The fourth-order valence-electron chi connectivity index (χ4n) is 2.02. The van der Waals surface area contributed by atoms with E-state index >= 15 is 0 Å². The molecule has 0 aliphatic carbocycles. The van der Waals surface area contributed by atoms with E-state index in [-0.39, 0.29) is 18.7 Å². The van der Waals surface area contributed by atoms with Gasteiger partial charge in [0.05, 0.1) is 11.4 Å².